The Morgan fingerprint density at radius 3 is 2.40 bits per heavy atom. The van der Waals surface area contributed by atoms with Crippen molar-refractivity contribution >= 4 is 17.9 Å². The zero-order chi connectivity index (χ0) is 21.9. The number of hydrogen-bond donors (Lipinski definition) is 1. The lowest BCUT2D eigenvalue weighted by Crippen LogP contribution is -2.34. The Bertz CT molecular complexity index is 952. The number of rotatable bonds is 6. The highest BCUT2D eigenvalue weighted by Crippen LogP contribution is 2.26. The Morgan fingerprint density at radius 2 is 1.80 bits per heavy atom. The Balaban J connectivity index is 1.64. The predicted octanol–water partition coefficient (Wildman–Crippen LogP) is 2.92. The number of ether oxygens (including phenoxy) is 2. The van der Waals surface area contributed by atoms with E-state index < -0.39 is 29.3 Å². The number of carbonyl (C=O) groups is 3. The van der Waals surface area contributed by atoms with Crippen LogP contribution in [0, 0.1) is 5.82 Å². The molecule has 0 atom stereocenters. The third kappa shape index (κ3) is 4.91. The van der Waals surface area contributed by atoms with E-state index in [4.69, 9.17) is 9.47 Å². The summed E-state index contributed by atoms with van der Waals surface area (Å²) in [6, 6.07) is 7.64. The SMILES string of the molecule is CC(C)(C)OC(=O)NCCOc1ncc(F)cc1CN1C(=O)c2ccccc2C1=O. The molecular formula is C21H22FN3O5. The molecule has 1 aromatic carbocycles. The summed E-state index contributed by atoms with van der Waals surface area (Å²) in [7, 11) is 0. The van der Waals surface area contributed by atoms with E-state index in [-0.39, 0.29) is 31.1 Å². The zero-order valence-corrected chi connectivity index (χ0v) is 16.9. The van der Waals surface area contributed by atoms with Crippen molar-refractivity contribution in [3.05, 3.63) is 59.0 Å². The maximum absolute atomic E-state index is 13.8. The van der Waals surface area contributed by atoms with Crippen LogP contribution in [0.25, 0.3) is 0 Å². The van der Waals surface area contributed by atoms with Crippen LogP contribution < -0.4 is 10.1 Å². The predicted molar refractivity (Wildman–Crippen MR) is 105 cm³/mol. The molecule has 1 aliphatic rings. The monoisotopic (exact) mass is 415 g/mol. The number of benzene rings is 1. The molecule has 0 radical (unpaired) electrons. The first-order chi connectivity index (χ1) is 14.2. The third-order valence-electron chi connectivity index (χ3n) is 4.11. The zero-order valence-electron chi connectivity index (χ0n) is 16.9. The number of fused-ring (bicyclic) bond motifs is 1. The summed E-state index contributed by atoms with van der Waals surface area (Å²) in [5, 5.41) is 2.53. The van der Waals surface area contributed by atoms with Gasteiger partial charge in [-0.05, 0) is 39.0 Å². The molecule has 0 saturated carbocycles. The number of imide groups is 1. The molecule has 0 saturated heterocycles. The van der Waals surface area contributed by atoms with Gasteiger partial charge in [0.15, 0.2) is 0 Å². The minimum absolute atomic E-state index is 0.0347. The summed E-state index contributed by atoms with van der Waals surface area (Å²) in [5.74, 6) is -1.48. The molecule has 0 spiro atoms. The maximum Gasteiger partial charge on any atom is 0.407 e. The number of aromatic nitrogens is 1. The maximum atomic E-state index is 13.8. The van der Waals surface area contributed by atoms with Crippen molar-refractivity contribution in [2.45, 2.75) is 32.9 Å². The van der Waals surface area contributed by atoms with Gasteiger partial charge in [-0.1, -0.05) is 12.1 Å². The molecule has 2 aromatic rings. The van der Waals surface area contributed by atoms with Crippen LogP contribution in [0.1, 0.15) is 47.1 Å². The number of hydrogen-bond acceptors (Lipinski definition) is 6. The minimum Gasteiger partial charge on any atom is -0.476 e. The first-order valence-electron chi connectivity index (χ1n) is 9.35. The molecule has 0 unspecified atom stereocenters. The number of halogens is 1. The highest BCUT2D eigenvalue weighted by molar-refractivity contribution is 6.21. The number of pyridine rings is 1. The normalized spacial score (nSPS) is 13.3. The van der Waals surface area contributed by atoms with Crippen molar-refractivity contribution in [2.24, 2.45) is 0 Å². The van der Waals surface area contributed by atoms with Crippen molar-refractivity contribution in [1.82, 2.24) is 15.2 Å². The van der Waals surface area contributed by atoms with Gasteiger partial charge in [-0.3, -0.25) is 14.5 Å². The van der Waals surface area contributed by atoms with Gasteiger partial charge in [0.1, 0.15) is 18.0 Å². The van der Waals surface area contributed by atoms with Crippen LogP contribution in [-0.4, -0.2) is 46.5 Å². The molecule has 0 bridgehead atoms. The van der Waals surface area contributed by atoms with E-state index in [0.29, 0.717) is 11.1 Å². The molecule has 3 amide bonds. The van der Waals surface area contributed by atoms with Crippen LogP contribution >= 0.6 is 0 Å². The number of alkyl carbamates (subject to hydrolysis) is 1. The number of amides is 3. The van der Waals surface area contributed by atoms with Gasteiger partial charge in [-0.25, -0.2) is 14.2 Å². The Hall–Kier alpha value is -3.49. The van der Waals surface area contributed by atoms with Crippen molar-refractivity contribution in [3.8, 4) is 5.88 Å². The number of nitrogens with one attached hydrogen (secondary N) is 1. The van der Waals surface area contributed by atoms with Gasteiger partial charge in [0, 0.05) is 5.56 Å². The summed E-state index contributed by atoms with van der Waals surface area (Å²) in [6.07, 6.45) is 0.382. The lowest BCUT2D eigenvalue weighted by atomic mass is 10.1. The minimum atomic E-state index is -0.624. The fourth-order valence-corrected chi connectivity index (χ4v) is 2.88. The van der Waals surface area contributed by atoms with Gasteiger partial charge < -0.3 is 14.8 Å². The topological polar surface area (TPSA) is 97.8 Å². The summed E-state index contributed by atoms with van der Waals surface area (Å²) in [6.45, 7) is 5.21. The van der Waals surface area contributed by atoms with Gasteiger partial charge in [0.05, 0.1) is 30.4 Å². The molecule has 0 aliphatic carbocycles. The molecule has 1 N–H and O–H groups in total. The number of nitrogens with zero attached hydrogens (tertiary/aromatic N) is 2. The van der Waals surface area contributed by atoms with E-state index in [1.54, 1.807) is 45.0 Å². The summed E-state index contributed by atoms with van der Waals surface area (Å²) in [4.78, 5) is 41.7. The van der Waals surface area contributed by atoms with Gasteiger partial charge in [-0.15, -0.1) is 0 Å². The molecule has 158 valence electrons. The van der Waals surface area contributed by atoms with Gasteiger partial charge >= 0.3 is 6.09 Å². The van der Waals surface area contributed by atoms with E-state index in [9.17, 15) is 18.8 Å². The summed E-state index contributed by atoms with van der Waals surface area (Å²) >= 11 is 0. The first kappa shape index (κ1) is 21.2. The van der Waals surface area contributed by atoms with E-state index >= 15 is 0 Å². The second-order valence-electron chi connectivity index (χ2n) is 7.64. The van der Waals surface area contributed by atoms with E-state index in [1.165, 1.54) is 0 Å². The molecule has 8 nitrogen and oxygen atoms in total. The Kier molecular flexibility index (Phi) is 6.00. The Morgan fingerprint density at radius 1 is 1.17 bits per heavy atom. The van der Waals surface area contributed by atoms with Crippen LogP contribution in [0.2, 0.25) is 0 Å². The largest absolute Gasteiger partial charge is 0.476 e. The van der Waals surface area contributed by atoms with Gasteiger partial charge in [0.25, 0.3) is 11.8 Å². The smallest absolute Gasteiger partial charge is 0.407 e. The van der Waals surface area contributed by atoms with E-state index in [2.05, 4.69) is 10.3 Å². The highest BCUT2D eigenvalue weighted by atomic mass is 19.1. The second kappa shape index (κ2) is 8.48. The average Bonchev–Trinajstić information content (AvgIpc) is 2.90. The van der Waals surface area contributed by atoms with Crippen LogP contribution in [0.4, 0.5) is 9.18 Å². The molecule has 30 heavy (non-hydrogen) atoms. The molecule has 1 aromatic heterocycles. The van der Waals surface area contributed by atoms with Crippen LogP contribution in [0.5, 0.6) is 5.88 Å². The molecule has 2 heterocycles. The molecular weight excluding hydrogens is 393 g/mol. The Labute approximate surface area is 173 Å². The van der Waals surface area contributed by atoms with Crippen molar-refractivity contribution in [1.29, 1.82) is 0 Å². The standard InChI is InChI=1S/C21H22FN3O5/c1-21(2,3)30-20(28)23-8-9-29-17-13(10-14(22)11-24-17)12-25-18(26)15-6-4-5-7-16(15)19(25)27/h4-7,10-11H,8-9,12H2,1-3H3,(H,23,28). The summed E-state index contributed by atoms with van der Waals surface area (Å²) in [5.41, 5.74) is 0.219. The van der Waals surface area contributed by atoms with Crippen LogP contribution in [0.15, 0.2) is 36.5 Å². The molecule has 9 heteroatoms. The molecule has 1 aliphatic heterocycles. The van der Waals surface area contributed by atoms with Crippen LogP contribution in [-0.2, 0) is 11.3 Å². The van der Waals surface area contributed by atoms with Gasteiger partial charge in [0.2, 0.25) is 5.88 Å². The summed E-state index contributed by atoms with van der Waals surface area (Å²) < 4.78 is 24.4. The quantitative estimate of drug-likeness (QED) is 0.576. The molecule has 3 rings (SSSR count). The molecule has 0 fully saturated rings. The fourth-order valence-electron chi connectivity index (χ4n) is 2.88. The van der Waals surface area contributed by atoms with Crippen molar-refractivity contribution in [2.75, 3.05) is 13.2 Å². The third-order valence-corrected chi connectivity index (χ3v) is 4.11. The van der Waals surface area contributed by atoms with Crippen molar-refractivity contribution in [3.63, 3.8) is 0 Å². The van der Waals surface area contributed by atoms with E-state index in [0.717, 1.165) is 17.2 Å². The van der Waals surface area contributed by atoms with Crippen LogP contribution in [0.3, 0.4) is 0 Å². The lowest BCUT2D eigenvalue weighted by molar-refractivity contribution is 0.0517. The van der Waals surface area contributed by atoms with Crippen molar-refractivity contribution < 1.29 is 28.2 Å². The van der Waals surface area contributed by atoms with E-state index in [1.807, 2.05) is 0 Å². The first-order valence-corrected chi connectivity index (χ1v) is 9.35. The fraction of sp³-hybridized carbons (Fsp3) is 0.333. The van der Waals surface area contributed by atoms with Gasteiger partial charge in [-0.2, -0.15) is 0 Å². The second-order valence-corrected chi connectivity index (χ2v) is 7.64. The highest BCUT2D eigenvalue weighted by Gasteiger charge is 2.35. The average molecular weight is 415 g/mol. The number of carbonyl (C=O) groups excluding carboxylic acids is 3. The lowest BCUT2D eigenvalue weighted by Gasteiger charge is -2.20.